The van der Waals surface area contributed by atoms with E-state index in [-0.39, 0.29) is 37.1 Å². The lowest BCUT2D eigenvalue weighted by Crippen LogP contribution is -2.49. The summed E-state index contributed by atoms with van der Waals surface area (Å²) in [6.45, 7) is 8.93. The largest absolute Gasteiger partial charge is 0.442 e. The summed E-state index contributed by atoms with van der Waals surface area (Å²) in [5.41, 5.74) is 1.87. The van der Waals surface area contributed by atoms with Gasteiger partial charge in [-0.25, -0.2) is 17.6 Å². The fraction of sp³-hybridized carbons (Fsp3) is 0.629. The highest BCUT2D eigenvalue weighted by Gasteiger charge is 2.28. The second-order valence-corrected chi connectivity index (χ2v) is 15.3. The summed E-state index contributed by atoms with van der Waals surface area (Å²) in [6, 6.07) is 4.59. The number of anilines is 1. The summed E-state index contributed by atoms with van der Waals surface area (Å²) < 4.78 is 46.7. The Hall–Kier alpha value is -3.17. The number of amides is 1. The van der Waals surface area contributed by atoms with Gasteiger partial charge in [0.2, 0.25) is 10.0 Å². The van der Waals surface area contributed by atoms with Gasteiger partial charge in [0.1, 0.15) is 24.5 Å². The number of sulfonamides is 1. The van der Waals surface area contributed by atoms with Crippen molar-refractivity contribution in [1.29, 1.82) is 0 Å². The van der Waals surface area contributed by atoms with Crippen molar-refractivity contribution < 1.29 is 42.1 Å². The number of rotatable bonds is 17. The maximum absolute atomic E-state index is 14.8. The van der Waals surface area contributed by atoms with Crippen molar-refractivity contribution >= 4 is 40.5 Å². The molecule has 3 rings (SSSR count). The minimum absolute atomic E-state index is 0.0389. The lowest BCUT2D eigenvalue weighted by atomic mass is 9.86. The van der Waals surface area contributed by atoms with Crippen LogP contribution in [0.1, 0.15) is 45.6 Å². The Morgan fingerprint density at radius 3 is 2.29 bits per heavy atom. The van der Waals surface area contributed by atoms with Gasteiger partial charge in [0.15, 0.2) is 0 Å². The molecule has 0 saturated carbocycles. The van der Waals surface area contributed by atoms with Gasteiger partial charge in [0.05, 0.1) is 18.5 Å². The second kappa shape index (κ2) is 19.3. The van der Waals surface area contributed by atoms with Crippen LogP contribution in [0.3, 0.4) is 0 Å². The van der Waals surface area contributed by atoms with E-state index in [1.54, 1.807) is 30.0 Å². The Bertz CT molecular complexity index is 1410. The highest BCUT2D eigenvalue weighted by atomic mass is 32.2. The quantitative estimate of drug-likeness (QED) is 0.183. The monoisotopic (exact) mass is 708 g/mol. The molecule has 1 aromatic carbocycles. The van der Waals surface area contributed by atoms with Crippen molar-refractivity contribution in [3.8, 4) is 0 Å². The molecule has 274 valence electrons. The number of aldehydes is 2. The third-order valence-electron chi connectivity index (χ3n) is 9.37. The molecule has 49 heavy (non-hydrogen) atoms. The molecule has 2 N–H and O–H groups in total. The molecule has 2 heterocycles. The molecule has 2 fully saturated rings. The van der Waals surface area contributed by atoms with Gasteiger partial charge in [-0.15, -0.1) is 0 Å². The van der Waals surface area contributed by atoms with Crippen molar-refractivity contribution in [2.45, 2.75) is 52.2 Å². The molecule has 0 radical (unpaired) electrons. The molecule has 5 atom stereocenters. The molecule has 0 unspecified atom stereocenters. The van der Waals surface area contributed by atoms with Crippen molar-refractivity contribution in [2.75, 3.05) is 76.7 Å². The number of carbonyl (C=O) groups excluding carboxylic acids is 3. The van der Waals surface area contributed by atoms with E-state index in [1.807, 2.05) is 31.9 Å². The number of likely N-dealkylation sites (N-methyl/N-ethyl adjacent to an activating group) is 1. The van der Waals surface area contributed by atoms with E-state index in [0.717, 1.165) is 19.4 Å². The Balaban J connectivity index is 1.74. The number of aliphatic hydroxyl groups is 2. The van der Waals surface area contributed by atoms with Gasteiger partial charge in [-0.3, -0.25) is 0 Å². The van der Waals surface area contributed by atoms with Gasteiger partial charge in [-0.05, 0) is 68.5 Å². The van der Waals surface area contributed by atoms with Crippen LogP contribution >= 0.6 is 0 Å². The Morgan fingerprint density at radius 2 is 1.67 bits per heavy atom. The van der Waals surface area contributed by atoms with E-state index in [9.17, 15) is 32.3 Å². The zero-order chi connectivity index (χ0) is 36.1. The average Bonchev–Trinajstić information content (AvgIpc) is 3.06. The molecular weight excluding hydrogens is 655 g/mol. The summed E-state index contributed by atoms with van der Waals surface area (Å²) in [5.74, 6) is -1.81. The molecule has 2 aliphatic heterocycles. The van der Waals surface area contributed by atoms with Gasteiger partial charge in [0.25, 0.3) is 0 Å². The van der Waals surface area contributed by atoms with E-state index in [0.29, 0.717) is 62.1 Å². The van der Waals surface area contributed by atoms with E-state index in [2.05, 4.69) is 4.90 Å². The summed E-state index contributed by atoms with van der Waals surface area (Å²) in [4.78, 5) is 42.0. The minimum Gasteiger partial charge on any atom is -0.442 e. The fourth-order valence-corrected chi connectivity index (χ4v) is 7.32. The number of piperazine rings is 2. The van der Waals surface area contributed by atoms with Gasteiger partial charge < -0.3 is 39.2 Å². The highest BCUT2D eigenvalue weighted by Crippen LogP contribution is 2.27. The number of carbonyl (C=O) groups is 3. The maximum atomic E-state index is 14.8. The third-order valence-corrected chi connectivity index (χ3v) is 11.2. The van der Waals surface area contributed by atoms with Crippen LogP contribution in [0.15, 0.2) is 35.9 Å². The van der Waals surface area contributed by atoms with Gasteiger partial charge in [0, 0.05) is 70.4 Å². The van der Waals surface area contributed by atoms with Crippen LogP contribution in [-0.2, 0) is 24.3 Å². The third kappa shape index (κ3) is 12.3. The van der Waals surface area contributed by atoms with E-state index >= 15 is 0 Å². The van der Waals surface area contributed by atoms with Crippen LogP contribution in [0.2, 0.25) is 0 Å². The number of halogens is 1. The number of hydrogen-bond donors (Lipinski definition) is 2. The van der Waals surface area contributed by atoms with Crippen molar-refractivity contribution in [3.05, 3.63) is 47.3 Å². The molecular formula is C35H53FN4O8S. The first-order valence-corrected chi connectivity index (χ1v) is 18.6. The first kappa shape index (κ1) is 40.3. The average molecular weight is 709 g/mol. The Kier molecular flexibility index (Phi) is 15.8. The second-order valence-electron chi connectivity index (χ2n) is 13.2. The van der Waals surface area contributed by atoms with Crippen molar-refractivity contribution in [3.63, 3.8) is 0 Å². The van der Waals surface area contributed by atoms with Crippen molar-refractivity contribution in [2.24, 2.45) is 17.8 Å². The predicted octanol–water partition coefficient (Wildman–Crippen LogP) is 2.80. The molecule has 12 nitrogen and oxygen atoms in total. The molecule has 0 spiro atoms. The molecule has 1 aromatic rings. The number of hydrogen-bond acceptors (Lipinski definition) is 10. The predicted molar refractivity (Wildman–Crippen MR) is 187 cm³/mol. The standard InChI is InChI=1S/C35H53FN4O8S/c1-26(6-8-34(27(2)5-7-32(44)9-18-41)48-35(45)39-12-10-37(4)11-13-39)33(25-43)28(3)21-29-22-30(36)24-31(23-29)38-14-16-40(17-15-38)49(46,47)20-19-42/h6,8,18,21-27,32-34,42,44H,5,7,9-17,19-20H2,1-4H3/b8-6+,28-21+/t26-,27-,32+,33-,34-/m0/s1. The normalized spacial score (nSPS) is 20.1. The van der Waals surface area contributed by atoms with E-state index < -0.39 is 46.7 Å². The van der Waals surface area contributed by atoms with Gasteiger partial charge >= 0.3 is 6.09 Å². The molecule has 0 bridgehead atoms. The number of nitrogens with zero attached hydrogens (tertiary/aromatic N) is 4. The van der Waals surface area contributed by atoms with Gasteiger partial charge in [-0.2, -0.15) is 4.31 Å². The van der Waals surface area contributed by atoms with E-state index in [1.165, 1.54) is 16.4 Å². The first-order chi connectivity index (χ1) is 23.3. The number of allylic oxidation sites excluding steroid dienone is 2. The minimum atomic E-state index is -3.54. The maximum Gasteiger partial charge on any atom is 0.410 e. The van der Waals surface area contributed by atoms with Crippen LogP contribution in [0.25, 0.3) is 6.08 Å². The lowest BCUT2D eigenvalue weighted by molar-refractivity contribution is -0.111. The molecule has 0 aromatic heterocycles. The lowest BCUT2D eigenvalue weighted by Gasteiger charge is -2.35. The van der Waals surface area contributed by atoms with Crippen LogP contribution in [0.5, 0.6) is 0 Å². The summed E-state index contributed by atoms with van der Waals surface area (Å²) >= 11 is 0. The molecule has 2 aliphatic rings. The Labute approximate surface area is 290 Å². The van der Waals surface area contributed by atoms with Crippen LogP contribution in [0, 0.1) is 23.6 Å². The van der Waals surface area contributed by atoms with Crippen molar-refractivity contribution in [1.82, 2.24) is 14.1 Å². The smallest absolute Gasteiger partial charge is 0.410 e. The molecule has 14 heteroatoms. The summed E-state index contributed by atoms with van der Waals surface area (Å²) in [6.07, 6.45) is 6.03. The number of benzene rings is 1. The highest BCUT2D eigenvalue weighted by molar-refractivity contribution is 7.89. The van der Waals surface area contributed by atoms with Crippen LogP contribution < -0.4 is 4.90 Å². The van der Waals surface area contributed by atoms with Gasteiger partial charge in [-0.1, -0.05) is 31.6 Å². The van der Waals surface area contributed by atoms with E-state index in [4.69, 9.17) is 9.84 Å². The zero-order valence-electron chi connectivity index (χ0n) is 29.1. The van der Waals surface area contributed by atoms with Crippen LogP contribution in [-0.4, -0.2) is 135 Å². The molecule has 0 aliphatic carbocycles. The molecule has 1 amide bonds. The van der Waals surface area contributed by atoms with Crippen LogP contribution in [0.4, 0.5) is 14.9 Å². The SMILES string of the molecule is C/C(=C\c1cc(F)cc(N2CCN(S(=O)(=O)CCO)CC2)c1)[C@@H](C=O)[C@@H](C)/C=C/[C@H](OC(=O)N1CCN(C)CC1)[C@@H](C)CC[C@@H](O)CC=O. The summed E-state index contributed by atoms with van der Waals surface area (Å²) in [5, 5.41) is 19.2. The zero-order valence-corrected chi connectivity index (χ0v) is 29.9. The first-order valence-electron chi connectivity index (χ1n) is 17.0. The molecule has 2 saturated heterocycles. The summed E-state index contributed by atoms with van der Waals surface area (Å²) in [7, 11) is -1.55. The number of ether oxygens (including phenoxy) is 1. The topological polar surface area (TPSA) is 148 Å². The number of aliphatic hydroxyl groups excluding tert-OH is 2. The Morgan fingerprint density at radius 1 is 1.00 bits per heavy atom. The fourth-order valence-electron chi connectivity index (χ4n) is 6.11.